The lowest BCUT2D eigenvalue weighted by Gasteiger charge is -2.48. The Morgan fingerprint density at radius 3 is 1.12 bits per heavy atom. The van der Waals surface area contributed by atoms with Crippen LogP contribution in [0.5, 0.6) is 0 Å². The Labute approximate surface area is 573 Å². The van der Waals surface area contributed by atoms with Gasteiger partial charge in [0.25, 0.3) is 0 Å². The minimum Gasteiger partial charge on any atom is -0.394 e. The zero-order valence-corrected chi connectivity index (χ0v) is 58.9. The largest absolute Gasteiger partial charge is 0.394 e. The predicted molar refractivity (Wildman–Crippen MR) is 374 cm³/mol. The summed E-state index contributed by atoms with van der Waals surface area (Å²) in [5, 5.41) is 121. The average molecular weight is 1350 g/mol. The van der Waals surface area contributed by atoms with Gasteiger partial charge >= 0.3 is 0 Å². The molecule has 17 atom stereocenters. The first-order valence-corrected chi connectivity index (χ1v) is 38.0. The summed E-state index contributed by atoms with van der Waals surface area (Å²) in [5.74, 6) is -0.289. The average Bonchev–Trinajstić information content (AvgIpc) is 0.787. The normalized spacial score (nSPS) is 27.5. The van der Waals surface area contributed by atoms with Crippen LogP contribution in [0.3, 0.4) is 0 Å². The van der Waals surface area contributed by atoms with E-state index in [2.05, 4.69) is 67.8 Å². The molecule has 0 aromatic rings. The molecule has 0 aromatic heterocycles. The van der Waals surface area contributed by atoms with Gasteiger partial charge in [0, 0.05) is 6.42 Å². The van der Waals surface area contributed by atoms with E-state index in [1.165, 1.54) is 199 Å². The first kappa shape index (κ1) is 86.7. The van der Waals surface area contributed by atoms with Crippen molar-refractivity contribution < 1.29 is 89.4 Å². The molecule has 3 fully saturated rings. The SMILES string of the molecule is CCCCCCC/C=C\C/C=C\CCCCCCCCCCCCCCCC(=O)NC(COC1OC(CO)C(OC2OC(CO)C(OC3OC(CO)C(O)C(O)C3O)C(O)C2O)C(O)C1O)C(O)/C=C/CC/C=C/CC/C=C/CCCCCCCCCCCCCCCCC. The lowest BCUT2D eigenvalue weighted by molar-refractivity contribution is -0.379. The summed E-state index contributed by atoms with van der Waals surface area (Å²) in [4.78, 5) is 13.4. The number of ether oxygens (including phenoxy) is 6. The number of aliphatic hydroxyl groups is 11. The maximum absolute atomic E-state index is 13.4. The van der Waals surface area contributed by atoms with Gasteiger partial charge in [0.05, 0.1) is 38.6 Å². The van der Waals surface area contributed by atoms with Gasteiger partial charge in [-0.3, -0.25) is 4.79 Å². The van der Waals surface area contributed by atoms with E-state index < -0.39 is 124 Å². The van der Waals surface area contributed by atoms with Crippen LogP contribution in [0.25, 0.3) is 0 Å². The molecule has 3 aliphatic heterocycles. The Bertz CT molecular complexity index is 1950. The van der Waals surface area contributed by atoms with Gasteiger partial charge in [0.1, 0.15) is 73.2 Å². The highest BCUT2D eigenvalue weighted by molar-refractivity contribution is 5.76. The molecular formula is C76H137NO18. The zero-order chi connectivity index (χ0) is 68.9. The number of allylic oxidation sites excluding steroid dienone is 9. The molecule has 0 aliphatic carbocycles. The van der Waals surface area contributed by atoms with Crippen LogP contribution < -0.4 is 5.32 Å². The van der Waals surface area contributed by atoms with Crippen molar-refractivity contribution in [3.05, 3.63) is 60.8 Å². The van der Waals surface area contributed by atoms with E-state index in [9.17, 15) is 61.0 Å². The van der Waals surface area contributed by atoms with E-state index in [1.807, 2.05) is 6.08 Å². The van der Waals surface area contributed by atoms with Gasteiger partial charge in [0.2, 0.25) is 5.91 Å². The van der Waals surface area contributed by atoms with Crippen LogP contribution in [0.4, 0.5) is 0 Å². The molecule has 0 bridgehead atoms. The highest BCUT2D eigenvalue weighted by Gasteiger charge is 2.53. The second-order valence-electron chi connectivity index (χ2n) is 27.1. The Morgan fingerprint density at radius 1 is 0.379 bits per heavy atom. The molecule has 3 rings (SSSR count). The number of carbonyl (C=O) groups excluding carboxylic acids is 1. The predicted octanol–water partition coefficient (Wildman–Crippen LogP) is 11.5. The second-order valence-corrected chi connectivity index (χ2v) is 27.1. The van der Waals surface area contributed by atoms with Crippen molar-refractivity contribution in [3.8, 4) is 0 Å². The number of unbranched alkanes of at least 4 members (excludes halogenated alkanes) is 35. The first-order chi connectivity index (χ1) is 46.3. The summed E-state index contributed by atoms with van der Waals surface area (Å²) in [6.45, 7) is 1.72. The molecule has 19 nitrogen and oxygen atoms in total. The maximum Gasteiger partial charge on any atom is 0.220 e. The smallest absolute Gasteiger partial charge is 0.220 e. The van der Waals surface area contributed by atoms with Crippen LogP contribution in [-0.2, 0) is 33.2 Å². The fourth-order valence-electron chi connectivity index (χ4n) is 12.6. The molecule has 12 N–H and O–H groups in total. The summed E-state index contributed by atoms with van der Waals surface area (Å²) >= 11 is 0. The van der Waals surface area contributed by atoms with E-state index in [0.29, 0.717) is 12.8 Å². The Morgan fingerprint density at radius 2 is 0.705 bits per heavy atom. The van der Waals surface area contributed by atoms with Gasteiger partial charge in [-0.15, -0.1) is 0 Å². The topological polar surface area (TPSA) is 307 Å². The molecule has 19 heteroatoms. The molecule has 95 heavy (non-hydrogen) atoms. The lowest BCUT2D eigenvalue weighted by atomic mass is 9.96. The van der Waals surface area contributed by atoms with Crippen molar-refractivity contribution in [2.45, 2.75) is 388 Å². The first-order valence-electron chi connectivity index (χ1n) is 38.0. The van der Waals surface area contributed by atoms with Crippen molar-refractivity contribution >= 4 is 5.91 Å². The number of hydrogen-bond donors (Lipinski definition) is 12. The molecule has 554 valence electrons. The fraction of sp³-hybridized carbons (Fsp3) is 0.855. The van der Waals surface area contributed by atoms with E-state index >= 15 is 0 Å². The highest BCUT2D eigenvalue weighted by Crippen LogP contribution is 2.33. The summed E-state index contributed by atoms with van der Waals surface area (Å²) in [5.41, 5.74) is 0. The fourth-order valence-corrected chi connectivity index (χ4v) is 12.6. The van der Waals surface area contributed by atoms with Crippen LogP contribution in [0, 0.1) is 0 Å². The summed E-state index contributed by atoms with van der Waals surface area (Å²) in [6.07, 6.45) is 44.8. The third-order valence-corrected chi connectivity index (χ3v) is 18.8. The van der Waals surface area contributed by atoms with Crippen molar-refractivity contribution in [1.82, 2.24) is 5.32 Å². The van der Waals surface area contributed by atoms with Crippen LogP contribution in [0.1, 0.15) is 284 Å². The van der Waals surface area contributed by atoms with Gasteiger partial charge in [-0.05, 0) is 77.0 Å². The van der Waals surface area contributed by atoms with Crippen molar-refractivity contribution in [1.29, 1.82) is 0 Å². The molecule has 3 saturated heterocycles. The van der Waals surface area contributed by atoms with E-state index in [4.69, 9.17) is 28.4 Å². The van der Waals surface area contributed by atoms with Crippen molar-refractivity contribution in [2.75, 3.05) is 26.4 Å². The van der Waals surface area contributed by atoms with Gasteiger partial charge in [-0.2, -0.15) is 0 Å². The minimum absolute atomic E-state index is 0.230. The van der Waals surface area contributed by atoms with Gasteiger partial charge < -0.3 is 89.9 Å². The highest BCUT2D eigenvalue weighted by atomic mass is 16.8. The van der Waals surface area contributed by atoms with Crippen LogP contribution >= 0.6 is 0 Å². The number of carbonyl (C=O) groups is 1. The van der Waals surface area contributed by atoms with Gasteiger partial charge in [-0.25, -0.2) is 0 Å². The van der Waals surface area contributed by atoms with E-state index in [-0.39, 0.29) is 18.9 Å². The number of rotatable bonds is 59. The molecule has 17 unspecified atom stereocenters. The van der Waals surface area contributed by atoms with Gasteiger partial charge in [0.15, 0.2) is 18.9 Å². The molecule has 0 radical (unpaired) electrons. The number of nitrogens with one attached hydrogen (secondary N) is 1. The molecule has 3 heterocycles. The van der Waals surface area contributed by atoms with Crippen molar-refractivity contribution in [2.24, 2.45) is 0 Å². The molecule has 0 spiro atoms. The van der Waals surface area contributed by atoms with Crippen molar-refractivity contribution in [3.63, 3.8) is 0 Å². The maximum atomic E-state index is 13.4. The quantitative estimate of drug-likeness (QED) is 0.0199. The van der Waals surface area contributed by atoms with Gasteiger partial charge in [-0.1, -0.05) is 261 Å². The summed E-state index contributed by atoms with van der Waals surface area (Å²) in [6, 6.07) is -1.000. The standard InChI is InChI=1S/C76H137NO18/c1-3-5-7-9-11-13-15-17-19-21-23-25-27-29-31-33-35-37-39-41-43-45-47-49-51-53-60(81)59(77-64(82)54-52-50-48-46-44-42-40-38-36-34-32-30-28-26-24-22-20-18-16-14-12-10-8-6-4-2)58-90-74-70(88)67(85)72(62(56-79)92-74)95-76-71(89)68(86)73(63(57-80)93-76)94-75-69(87)66(84)65(83)61(55-78)91-75/h16,18,22,24,35,37,43,45,51,53,59-63,65-76,78-81,83-89H,3-15,17,19-21,23,25-34,36,38-42,44,46-50,52,54-58H2,1-2H3,(H,77,82)/b18-16-,24-22-,37-35+,45-43+,53-51+. The Hall–Kier alpha value is -2.51. The molecular weight excluding hydrogens is 1210 g/mol. The van der Waals surface area contributed by atoms with Crippen LogP contribution in [0.15, 0.2) is 60.8 Å². The minimum atomic E-state index is -1.98. The number of amides is 1. The molecule has 0 saturated carbocycles. The number of hydrogen-bond acceptors (Lipinski definition) is 18. The second kappa shape index (κ2) is 57.2. The summed E-state index contributed by atoms with van der Waals surface area (Å²) < 4.78 is 34.4. The Kier molecular flexibility index (Phi) is 52.2. The number of aliphatic hydroxyl groups excluding tert-OH is 11. The Balaban J connectivity index is 1.43. The van der Waals surface area contributed by atoms with Crippen LogP contribution in [-0.4, -0.2) is 193 Å². The lowest BCUT2D eigenvalue weighted by Crippen LogP contribution is -2.66. The summed E-state index contributed by atoms with van der Waals surface area (Å²) in [7, 11) is 0. The monoisotopic (exact) mass is 1350 g/mol. The van der Waals surface area contributed by atoms with Crippen LogP contribution in [0.2, 0.25) is 0 Å². The van der Waals surface area contributed by atoms with E-state index in [1.54, 1.807) is 6.08 Å². The van der Waals surface area contributed by atoms with E-state index in [0.717, 1.165) is 51.4 Å². The molecule has 3 aliphatic rings. The zero-order valence-electron chi connectivity index (χ0n) is 58.9. The third kappa shape index (κ3) is 38.2. The molecule has 0 aromatic carbocycles. The third-order valence-electron chi connectivity index (χ3n) is 18.8. The molecule has 1 amide bonds.